The Morgan fingerprint density at radius 2 is 1.36 bits per heavy atom. The van der Waals surface area contributed by atoms with Gasteiger partial charge < -0.3 is 4.52 Å². The summed E-state index contributed by atoms with van der Waals surface area (Å²) in [6, 6.07) is 26.1. The molecule has 4 rings (SSSR count). The van der Waals surface area contributed by atoms with E-state index in [1.54, 1.807) is 0 Å². The SMILES string of the molecule is Clc1ccc(-c2noc(Cc3ccc(-c4ccccc4)cc3)n2)cc1. The van der Waals surface area contributed by atoms with E-state index in [9.17, 15) is 0 Å². The van der Waals surface area contributed by atoms with Crippen LogP contribution < -0.4 is 0 Å². The molecule has 122 valence electrons. The molecule has 0 radical (unpaired) electrons. The summed E-state index contributed by atoms with van der Waals surface area (Å²) in [5.74, 6) is 1.17. The third-order valence-electron chi connectivity index (χ3n) is 3.99. The molecule has 1 aromatic heterocycles. The van der Waals surface area contributed by atoms with Gasteiger partial charge in [-0.1, -0.05) is 71.4 Å². The van der Waals surface area contributed by atoms with Crippen molar-refractivity contribution in [2.45, 2.75) is 6.42 Å². The second-order valence-corrected chi connectivity index (χ2v) is 6.19. The summed E-state index contributed by atoms with van der Waals surface area (Å²) >= 11 is 5.90. The van der Waals surface area contributed by atoms with Crippen LogP contribution in [0.1, 0.15) is 11.5 Å². The van der Waals surface area contributed by atoms with Gasteiger partial charge in [0, 0.05) is 10.6 Å². The Morgan fingerprint density at radius 3 is 2.08 bits per heavy atom. The molecule has 0 aliphatic heterocycles. The van der Waals surface area contributed by atoms with Crippen LogP contribution in [0, 0.1) is 0 Å². The second-order valence-electron chi connectivity index (χ2n) is 5.76. The van der Waals surface area contributed by atoms with Crippen molar-refractivity contribution in [1.82, 2.24) is 10.1 Å². The summed E-state index contributed by atoms with van der Waals surface area (Å²) in [7, 11) is 0. The van der Waals surface area contributed by atoms with E-state index < -0.39 is 0 Å². The van der Waals surface area contributed by atoms with Crippen molar-refractivity contribution in [1.29, 1.82) is 0 Å². The van der Waals surface area contributed by atoms with Gasteiger partial charge in [-0.05, 0) is 41.0 Å². The molecule has 0 aliphatic rings. The van der Waals surface area contributed by atoms with Crippen LogP contribution in [0.5, 0.6) is 0 Å². The highest BCUT2D eigenvalue weighted by molar-refractivity contribution is 6.30. The topological polar surface area (TPSA) is 38.9 Å². The summed E-state index contributed by atoms with van der Waals surface area (Å²) in [5, 5.41) is 4.73. The van der Waals surface area contributed by atoms with E-state index in [4.69, 9.17) is 16.1 Å². The largest absolute Gasteiger partial charge is 0.339 e. The van der Waals surface area contributed by atoms with Gasteiger partial charge in [0.1, 0.15) is 0 Å². The third-order valence-corrected chi connectivity index (χ3v) is 4.24. The number of rotatable bonds is 4. The molecule has 0 N–H and O–H groups in total. The molecular weight excluding hydrogens is 332 g/mol. The lowest BCUT2D eigenvalue weighted by Gasteiger charge is -2.02. The molecule has 4 aromatic rings. The molecule has 0 unspecified atom stereocenters. The zero-order chi connectivity index (χ0) is 17.1. The number of benzene rings is 3. The Kier molecular flexibility index (Phi) is 4.32. The molecule has 0 amide bonds. The fourth-order valence-corrected chi connectivity index (χ4v) is 2.79. The average Bonchev–Trinajstić information content (AvgIpc) is 3.12. The monoisotopic (exact) mass is 346 g/mol. The average molecular weight is 347 g/mol. The smallest absolute Gasteiger partial charge is 0.231 e. The maximum absolute atomic E-state index is 5.90. The van der Waals surface area contributed by atoms with E-state index in [-0.39, 0.29) is 0 Å². The van der Waals surface area contributed by atoms with Gasteiger partial charge in [0.2, 0.25) is 11.7 Å². The highest BCUT2D eigenvalue weighted by Gasteiger charge is 2.09. The van der Waals surface area contributed by atoms with E-state index in [0.29, 0.717) is 23.2 Å². The van der Waals surface area contributed by atoms with Crippen molar-refractivity contribution in [2.24, 2.45) is 0 Å². The van der Waals surface area contributed by atoms with Crippen LogP contribution in [0.4, 0.5) is 0 Å². The van der Waals surface area contributed by atoms with Gasteiger partial charge in [-0.25, -0.2) is 0 Å². The van der Waals surface area contributed by atoms with Gasteiger partial charge in [-0.3, -0.25) is 0 Å². The number of hydrogen-bond acceptors (Lipinski definition) is 3. The Hall–Kier alpha value is -2.91. The zero-order valence-electron chi connectivity index (χ0n) is 13.4. The van der Waals surface area contributed by atoms with Crippen LogP contribution in [-0.2, 0) is 6.42 Å². The van der Waals surface area contributed by atoms with E-state index in [2.05, 4.69) is 46.5 Å². The number of aromatic nitrogens is 2. The molecule has 0 spiro atoms. The van der Waals surface area contributed by atoms with Crippen molar-refractivity contribution < 1.29 is 4.52 Å². The standard InChI is InChI=1S/C21H15ClN2O/c22-19-12-10-18(11-13-19)21-23-20(25-24-21)14-15-6-8-17(9-7-15)16-4-2-1-3-5-16/h1-13H,14H2. The Balaban J connectivity index is 1.50. The first-order valence-electron chi connectivity index (χ1n) is 8.01. The molecule has 25 heavy (non-hydrogen) atoms. The number of nitrogens with zero attached hydrogens (tertiary/aromatic N) is 2. The summed E-state index contributed by atoms with van der Waals surface area (Å²) in [6.45, 7) is 0. The van der Waals surface area contributed by atoms with Crippen LogP contribution in [0.3, 0.4) is 0 Å². The first-order chi connectivity index (χ1) is 12.3. The van der Waals surface area contributed by atoms with Crippen LogP contribution >= 0.6 is 11.6 Å². The van der Waals surface area contributed by atoms with Gasteiger partial charge in [0.05, 0.1) is 6.42 Å². The minimum atomic E-state index is 0.576. The number of halogens is 1. The fraction of sp³-hybridized carbons (Fsp3) is 0.0476. The van der Waals surface area contributed by atoms with E-state index >= 15 is 0 Å². The first kappa shape index (κ1) is 15.6. The highest BCUT2D eigenvalue weighted by Crippen LogP contribution is 2.22. The lowest BCUT2D eigenvalue weighted by Crippen LogP contribution is -1.89. The maximum atomic E-state index is 5.90. The van der Waals surface area contributed by atoms with Gasteiger partial charge in [0.25, 0.3) is 0 Å². The van der Waals surface area contributed by atoms with E-state index in [0.717, 1.165) is 11.1 Å². The van der Waals surface area contributed by atoms with Gasteiger partial charge in [0.15, 0.2) is 0 Å². The maximum Gasteiger partial charge on any atom is 0.231 e. The van der Waals surface area contributed by atoms with Crippen LogP contribution in [0.25, 0.3) is 22.5 Å². The van der Waals surface area contributed by atoms with Gasteiger partial charge >= 0.3 is 0 Å². The molecule has 0 saturated carbocycles. The van der Waals surface area contributed by atoms with Crippen molar-refractivity contribution in [3.05, 3.63) is 95.3 Å². The molecule has 3 aromatic carbocycles. The van der Waals surface area contributed by atoms with Crippen LogP contribution in [-0.4, -0.2) is 10.1 Å². The minimum absolute atomic E-state index is 0.576. The normalized spacial score (nSPS) is 10.8. The predicted octanol–water partition coefficient (Wildman–Crippen LogP) is 5.65. The van der Waals surface area contributed by atoms with Gasteiger partial charge in [-0.15, -0.1) is 0 Å². The molecule has 0 aliphatic carbocycles. The lowest BCUT2D eigenvalue weighted by atomic mass is 10.0. The Labute approximate surface area is 150 Å². The quantitative estimate of drug-likeness (QED) is 0.479. The van der Waals surface area contributed by atoms with Gasteiger partial charge in [-0.2, -0.15) is 4.98 Å². The summed E-state index contributed by atoms with van der Waals surface area (Å²) in [6.07, 6.45) is 0.607. The van der Waals surface area contributed by atoms with Crippen LogP contribution in [0.2, 0.25) is 5.02 Å². The van der Waals surface area contributed by atoms with Crippen molar-refractivity contribution in [3.8, 4) is 22.5 Å². The molecular formula is C21H15ClN2O. The fourth-order valence-electron chi connectivity index (χ4n) is 2.66. The summed E-state index contributed by atoms with van der Waals surface area (Å²) < 4.78 is 5.37. The molecule has 1 heterocycles. The minimum Gasteiger partial charge on any atom is -0.339 e. The van der Waals surface area contributed by atoms with Crippen LogP contribution in [0.15, 0.2) is 83.4 Å². The molecule has 0 saturated heterocycles. The summed E-state index contributed by atoms with van der Waals surface area (Å²) in [5.41, 5.74) is 4.42. The second kappa shape index (κ2) is 6.91. The third kappa shape index (κ3) is 3.62. The molecule has 0 bridgehead atoms. The van der Waals surface area contributed by atoms with E-state index in [1.165, 1.54) is 11.1 Å². The Bertz CT molecular complexity index is 961. The first-order valence-corrected chi connectivity index (χ1v) is 8.38. The molecule has 0 atom stereocenters. The molecule has 4 heteroatoms. The lowest BCUT2D eigenvalue weighted by molar-refractivity contribution is 0.385. The highest BCUT2D eigenvalue weighted by atomic mass is 35.5. The van der Waals surface area contributed by atoms with Crippen molar-refractivity contribution >= 4 is 11.6 Å². The van der Waals surface area contributed by atoms with E-state index in [1.807, 2.05) is 42.5 Å². The van der Waals surface area contributed by atoms with Crippen molar-refractivity contribution in [3.63, 3.8) is 0 Å². The van der Waals surface area contributed by atoms with Crippen molar-refractivity contribution in [2.75, 3.05) is 0 Å². The molecule has 0 fully saturated rings. The predicted molar refractivity (Wildman–Crippen MR) is 99.4 cm³/mol. The number of hydrogen-bond donors (Lipinski definition) is 0. The zero-order valence-corrected chi connectivity index (χ0v) is 14.1. The molecule has 3 nitrogen and oxygen atoms in total. The summed E-state index contributed by atoms with van der Waals surface area (Å²) in [4.78, 5) is 4.47. The Morgan fingerprint density at radius 1 is 0.720 bits per heavy atom.